The van der Waals surface area contributed by atoms with E-state index in [0.717, 1.165) is 47.8 Å². The average Bonchev–Trinajstić information content (AvgIpc) is 2.37. The first-order chi connectivity index (χ1) is 8.72. The number of hydrogen-bond acceptors (Lipinski definition) is 4. The molecule has 0 saturated carbocycles. The summed E-state index contributed by atoms with van der Waals surface area (Å²) in [7, 11) is 3.26. The number of ether oxygens (including phenoxy) is 3. The number of nitrogens with one attached hydrogen (secondary N) is 1. The third-order valence-electron chi connectivity index (χ3n) is 2.45. The lowest BCUT2D eigenvalue weighted by Crippen LogP contribution is -2.19. The molecule has 1 aromatic rings. The lowest BCUT2D eigenvalue weighted by atomic mass is 10.2. The first-order valence-corrected chi connectivity index (χ1v) is 6.71. The summed E-state index contributed by atoms with van der Waals surface area (Å²) in [6.45, 7) is 5.08. The summed E-state index contributed by atoms with van der Waals surface area (Å²) in [5.74, 6) is 1.45. The Morgan fingerprint density at radius 1 is 1.22 bits per heavy atom. The van der Waals surface area contributed by atoms with Crippen molar-refractivity contribution in [1.29, 1.82) is 0 Å². The van der Waals surface area contributed by atoms with Crippen molar-refractivity contribution in [2.75, 3.05) is 34.0 Å². The molecule has 0 heterocycles. The van der Waals surface area contributed by atoms with Crippen molar-refractivity contribution in [3.63, 3.8) is 0 Å². The molecule has 1 aromatic carbocycles. The van der Waals surface area contributed by atoms with Crippen LogP contribution < -0.4 is 14.8 Å². The number of rotatable bonds is 8. The third-order valence-corrected chi connectivity index (χ3v) is 3.04. The predicted octanol–water partition coefficient (Wildman–Crippen LogP) is 2.59. The van der Waals surface area contributed by atoms with E-state index < -0.39 is 0 Å². The van der Waals surface area contributed by atoms with Crippen LogP contribution in [0.4, 0.5) is 0 Å². The zero-order valence-corrected chi connectivity index (χ0v) is 12.7. The maximum absolute atomic E-state index is 5.30. The second kappa shape index (κ2) is 8.34. The number of hydrogen-bond donors (Lipinski definition) is 1. The molecule has 102 valence electrons. The Morgan fingerprint density at radius 3 is 2.61 bits per heavy atom. The molecule has 1 rings (SSSR count). The number of methoxy groups -OCH3 is 2. The normalized spacial score (nSPS) is 10.4. The Kier molecular flexibility index (Phi) is 7.08. The van der Waals surface area contributed by atoms with E-state index in [1.165, 1.54) is 0 Å². The van der Waals surface area contributed by atoms with Gasteiger partial charge in [0.05, 0.1) is 25.3 Å². The Labute approximate surface area is 117 Å². The van der Waals surface area contributed by atoms with Crippen LogP contribution in [0.15, 0.2) is 16.6 Å². The summed E-state index contributed by atoms with van der Waals surface area (Å²) in [5, 5.41) is 3.31. The van der Waals surface area contributed by atoms with Gasteiger partial charge in [-0.05, 0) is 40.5 Å². The fraction of sp³-hybridized carbons (Fsp3) is 0.538. The highest BCUT2D eigenvalue weighted by molar-refractivity contribution is 9.10. The molecule has 18 heavy (non-hydrogen) atoms. The molecular weight excluding hydrogens is 298 g/mol. The number of benzene rings is 1. The van der Waals surface area contributed by atoms with E-state index in [1.807, 2.05) is 19.1 Å². The molecular formula is C13H20BrNO3. The summed E-state index contributed by atoms with van der Waals surface area (Å²) in [5.41, 5.74) is 1.14. The van der Waals surface area contributed by atoms with Gasteiger partial charge in [0, 0.05) is 19.7 Å². The molecule has 0 radical (unpaired) electrons. The van der Waals surface area contributed by atoms with E-state index in [2.05, 4.69) is 21.2 Å². The molecule has 0 bridgehead atoms. The SMILES string of the molecule is CCOCCNCc1cc(Br)c(OC)c(OC)c1. The first-order valence-electron chi connectivity index (χ1n) is 5.91. The number of halogens is 1. The molecule has 0 aromatic heterocycles. The summed E-state index contributed by atoms with van der Waals surface area (Å²) < 4.78 is 16.7. The lowest BCUT2D eigenvalue weighted by molar-refractivity contribution is 0.149. The molecule has 0 spiro atoms. The molecule has 0 unspecified atom stereocenters. The maximum atomic E-state index is 5.30. The van der Waals surface area contributed by atoms with Gasteiger partial charge in [-0.1, -0.05) is 0 Å². The molecule has 0 atom stereocenters. The molecule has 0 amide bonds. The van der Waals surface area contributed by atoms with Gasteiger partial charge in [0.2, 0.25) is 0 Å². The average molecular weight is 318 g/mol. The molecule has 4 nitrogen and oxygen atoms in total. The topological polar surface area (TPSA) is 39.7 Å². The highest BCUT2D eigenvalue weighted by atomic mass is 79.9. The van der Waals surface area contributed by atoms with Gasteiger partial charge < -0.3 is 19.5 Å². The van der Waals surface area contributed by atoms with E-state index >= 15 is 0 Å². The van der Waals surface area contributed by atoms with Crippen LogP contribution in [-0.4, -0.2) is 34.0 Å². The second-order valence-electron chi connectivity index (χ2n) is 3.69. The van der Waals surface area contributed by atoms with Gasteiger partial charge in [0.25, 0.3) is 0 Å². The summed E-state index contributed by atoms with van der Waals surface area (Å²) >= 11 is 3.48. The minimum Gasteiger partial charge on any atom is -0.493 e. The minimum atomic E-state index is 0.718. The molecule has 0 fully saturated rings. The van der Waals surface area contributed by atoms with Crippen LogP contribution in [0.25, 0.3) is 0 Å². The molecule has 0 aliphatic carbocycles. The van der Waals surface area contributed by atoms with E-state index in [0.29, 0.717) is 0 Å². The summed E-state index contributed by atoms with van der Waals surface area (Å²) in [4.78, 5) is 0. The van der Waals surface area contributed by atoms with Crippen LogP contribution in [0.2, 0.25) is 0 Å². The predicted molar refractivity (Wildman–Crippen MR) is 75.4 cm³/mol. The highest BCUT2D eigenvalue weighted by Gasteiger charge is 2.10. The highest BCUT2D eigenvalue weighted by Crippen LogP contribution is 2.36. The van der Waals surface area contributed by atoms with Crippen molar-refractivity contribution in [2.24, 2.45) is 0 Å². The summed E-state index contributed by atoms with van der Waals surface area (Å²) in [6.07, 6.45) is 0. The van der Waals surface area contributed by atoms with Crippen LogP contribution in [-0.2, 0) is 11.3 Å². The Hall–Kier alpha value is -0.780. The molecule has 0 aliphatic rings. The van der Waals surface area contributed by atoms with Gasteiger partial charge in [-0.25, -0.2) is 0 Å². The van der Waals surface area contributed by atoms with E-state index in [-0.39, 0.29) is 0 Å². The molecule has 0 aliphatic heterocycles. The minimum absolute atomic E-state index is 0.718. The maximum Gasteiger partial charge on any atom is 0.174 e. The fourth-order valence-corrected chi connectivity index (χ4v) is 2.25. The van der Waals surface area contributed by atoms with Crippen LogP contribution in [0.1, 0.15) is 12.5 Å². The fourth-order valence-electron chi connectivity index (χ4n) is 1.59. The van der Waals surface area contributed by atoms with Gasteiger partial charge in [0.1, 0.15) is 0 Å². The van der Waals surface area contributed by atoms with Crippen LogP contribution in [0.3, 0.4) is 0 Å². The van der Waals surface area contributed by atoms with E-state index in [1.54, 1.807) is 14.2 Å². The van der Waals surface area contributed by atoms with Crippen molar-refractivity contribution in [3.05, 3.63) is 22.2 Å². The van der Waals surface area contributed by atoms with E-state index in [4.69, 9.17) is 14.2 Å². The Balaban J connectivity index is 2.58. The van der Waals surface area contributed by atoms with E-state index in [9.17, 15) is 0 Å². The lowest BCUT2D eigenvalue weighted by Gasteiger charge is -2.12. The van der Waals surface area contributed by atoms with Crippen LogP contribution in [0, 0.1) is 0 Å². The third kappa shape index (κ3) is 4.48. The van der Waals surface area contributed by atoms with Gasteiger partial charge in [-0.2, -0.15) is 0 Å². The Morgan fingerprint density at radius 2 is 2.00 bits per heavy atom. The second-order valence-corrected chi connectivity index (χ2v) is 4.54. The first kappa shape index (κ1) is 15.3. The zero-order chi connectivity index (χ0) is 13.4. The van der Waals surface area contributed by atoms with Gasteiger partial charge >= 0.3 is 0 Å². The monoisotopic (exact) mass is 317 g/mol. The molecule has 1 N–H and O–H groups in total. The Bertz CT molecular complexity index is 371. The van der Waals surface area contributed by atoms with Crippen molar-refractivity contribution in [1.82, 2.24) is 5.32 Å². The standard InChI is InChI=1S/C13H20BrNO3/c1-4-18-6-5-15-9-10-7-11(14)13(17-3)12(8-10)16-2/h7-8,15H,4-6,9H2,1-3H3. The zero-order valence-electron chi connectivity index (χ0n) is 11.1. The van der Waals surface area contributed by atoms with Crippen molar-refractivity contribution in [2.45, 2.75) is 13.5 Å². The van der Waals surface area contributed by atoms with Crippen LogP contribution in [0.5, 0.6) is 11.5 Å². The van der Waals surface area contributed by atoms with Gasteiger partial charge in [0.15, 0.2) is 11.5 Å². The quantitative estimate of drug-likeness (QED) is 0.748. The molecule has 5 heteroatoms. The van der Waals surface area contributed by atoms with Crippen molar-refractivity contribution >= 4 is 15.9 Å². The van der Waals surface area contributed by atoms with Gasteiger partial charge in [-0.3, -0.25) is 0 Å². The van der Waals surface area contributed by atoms with Gasteiger partial charge in [-0.15, -0.1) is 0 Å². The van der Waals surface area contributed by atoms with Crippen molar-refractivity contribution in [3.8, 4) is 11.5 Å². The molecule has 0 saturated heterocycles. The van der Waals surface area contributed by atoms with Crippen LogP contribution >= 0.6 is 15.9 Å². The van der Waals surface area contributed by atoms with Crippen molar-refractivity contribution < 1.29 is 14.2 Å². The largest absolute Gasteiger partial charge is 0.493 e. The smallest absolute Gasteiger partial charge is 0.174 e. The summed E-state index contributed by atoms with van der Waals surface area (Å²) in [6, 6.07) is 3.99.